The summed E-state index contributed by atoms with van der Waals surface area (Å²) in [5, 5.41) is 3.31. The van der Waals surface area contributed by atoms with Gasteiger partial charge in [0.2, 0.25) is 0 Å². The molecular weight excluding hydrogens is 328 g/mol. The fourth-order valence-corrected chi connectivity index (χ4v) is 2.58. The molecule has 2 aromatic carbocycles. The van der Waals surface area contributed by atoms with Crippen LogP contribution in [0.5, 0.6) is 11.5 Å². The van der Waals surface area contributed by atoms with E-state index in [-0.39, 0.29) is 11.6 Å². The minimum Gasteiger partial charge on any atom is -0.496 e. The number of benzene rings is 2. The van der Waals surface area contributed by atoms with Gasteiger partial charge in [-0.15, -0.1) is 0 Å². The molecule has 122 valence electrons. The molecule has 1 N–H and O–H groups in total. The number of carbonyl (C=O) groups is 1. The van der Waals surface area contributed by atoms with Crippen LogP contribution >= 0.6 is 11.6 Å². The van der Waals surface area contributed by atoms with Crippen LogP contribution in [0.4, 0.5) is 0 Å². The number of rotatable bonds is 4. The molecule has 0 spiro atoms. The Morgan fingerprint density at radius 3 is 2.58 bits per heavy atom. The second-order valence-corrected chi connectivity index (χ2v) is 5.47. The largest absolute Gasteiger partial charge is 0.496 e. The molecule has 3 rings (SSSR count). The molecule has 0 atom stereocenters. The Balaban J connectivity index is 2.02. The number of hydrogen-bond acceptors (Lipinski definition) is 4. The lowest BCUT2D eigenvalue weighted by Crippen LogP contribution is -2.25. The van der Waals surface area contributed by atoms with Crippen molar-refractivity contribution < 1.29 is 14.3 Å². The zero-order valence-corrected chi connectivity index (χ0v) is 13.9. The van der Waals surface area contributed by atoms with Crippen LogP contribution < -0.4 is 14.8 Å². The number of halogens is 1. The highest BCUT2D eigenvalue weighted by atomic mass is 35.5. The number of nitrogens with zero attached hydrogens (tertiary/aromatic N) is 1. The van der Waals surface area contributed by atoms with E-state index in [0.29, 0.717) is 27.9 Å². The Kier molecular flexibility index (Phi) is 4.53. The van der Waals surface area contributed by atoms with Crippen molar-refractivity contribution in [2.45, 2.75) is 0 Å². The highest BCUT2D eigenvalue weighted by molar-refractivity contribution is 6.30. The molecule has 6 heteroatoms. The lowest BCUT2D eigenvalue weighted by atomic mass is 10.1. The van der Waals surface area contributed by atoms with E-state index >= 15 is 0 Å². The zero-order chi connectivity index (χ0) is 17.1. The average Bonchev–Trinajstić information content (AvgIpc) is 2.95. The molecule has 0 saturated carbocycles. The van der Waals surface area contributed by atoms with Gasteiger partial charge in [0.15, 0.2) is 0 Å². The first kappa shape index (κ1) is 16.1. The first-order valence-corrected chi connectivity index (χ1v) is 7.59. The van der Waals surface area contributed by atoms with E-state index in [4.69, 9.17) is 21.1 Å². The quantitative estimate of drug-likeness (QED) is 0.867. The third-order valence-electron chi connectivity index (χ3n) is 3.54. The van der Waals surface area contributed by atoms with Crippen LogP contribution in [0.1, 0.15) is 11.1 Å². The van der Waals surface area contributed by atoms with Gasteiger partial charge in [-0.1, -0.05) is 23.7 Å². The second kappa shape index (κ2) is 6.76. The highest BCUT2D eigenvalue weighted by Gasteiger charge is 2.23. The molecule has 1 aliphatic heterocycles. The first-order valence-electron chi connectivity index (χ1n) is 7.21. The third kappa shape index (κ3) is 3.12. The highest BCUT2D eigenvalue weighted by Crippen LogP contribution is 2.27. The van der Waals surface area contributed by atoms with Gasteiger partial charge < -0.3 is 14.8 Å². The number of hydrogen-bond donors (Lipinski definition) is 1. The normalized spacial score (nSPS) is 15.2. The number of amides is 1. The number of methoxy groups -OCH3 is 2. The minimum atomic E-state index is -0.294. The number of aliphatic imine (C=N–C) groups is 1. The first-order chi connectivity index (χ1) is 11.6. The van der Waals surface area contributed by atoms with E-state index in [1.807, 2.05) is 24.3 Å². The zero-order valence-electron chi connectivity index (χ0n) is 13.2. The third-order valence-corrected chi connectivity index (χ3v) is 3.78. The Labute approximate surface area is 144 Å². The maximum Gasteiger partial charge on any atom is 0.275 e. The summed E-state index contributed by atoms with van der Waals surface area (Å²) in [6.07, 6.45) is 1.64. The van der Waals surface area contributed by atoms with Crippen LogP contribution in [0.25, 0.3) is 6.08 Å². The fourth-order valence-electron chi connectivity index (χ4n) is 2.40. The van der Waals surface area contributed by atoms with Crippen LogP contribution in [-0.2, 0) is 4.79 Å². The van der Waals surface area contributed by atoms with Gasteiger partial charge >= 0.3 is 0 Å². The van der Waals surface area contributed by atoms with Crippen molar-refractivity contribution in [3.8, 4) is 11.5 Å². The van der Waals surface area contributed by atoms with Crippen LogP contribution in [0.3, 0.4) is 0 Å². The predicted octanol–water partition coefficient (Wildman–Crippen LogP) is 3.27. The maximum atomic E-state index is 12.2. The minimum absolute atomic E-state index is 0.275. The van der Waals surface area contributed by atoms with E-state index in [2.05, 4.69) is 10.3 Å². The summed E-state index contributed by atoms with van der Waals surface area (Å²) in [5.74, 6) is 1.40. The Morgan fingerprint density at radius 1 is 1.08 bits per heavy atom. The molecule has 2 aromatic rings. The van der Waals surface area contributed by atoms with Crippen molar-refractivity contribution in [3.05, 3.63) is 64.3 Å². The van der Waals surface area contributed by atoms with Gasteiger partial charge in [-0.3, -0.25) is 4.79 Å². The molecular formula is C18H15ClN2O3. The summed E-state index contributed by atoms with van der Waals surface area (Å²) in [6.45, 7) is 0. The number of carbonyl (C=O) groups excluding carboxylic acids is 1. The van der Waals surface area contributed by atoms with Crippen LogP contribution in [0, 0.1) is 0 Å². The molecule has 0 fully saturated rings. The van der Waals surface area contributed by atoms with Gasteiger partial charge in [0.25, 0.3) is 5.91 Å². The van der Waals surface area contributed by atoms with Gasteiger partial charge in [-0.25, -0.2) is 4.99 Å². The lowest BCUT2D eigenvalue weighted by Gasteiger charge is -2.06. The molecule has 5 nitrogen and oxygen atoms in total. The van der Waals surface area contributed by atoms with Gasteiger partial charge in [-0.05, 0) is 36.4 Å². The van der Waals surface area contributed by atoms with E-state index in [1.165, 1.54) is 0 Å². The van der Waals surface area contributed by atoms with Crippen molar-refractivity contribution in [1.82, 2.24) is 5.32 Å². The molecule has 0 aliphatic carbocycles. The molecule has 0 bridgehead atoms. The van der Waals surface area contributed by atoms with E-state index < -0.39 is 0 Å². The van der Waals surface area contributed by atoms with Crippen LogP contribution in [0.15, 0.2) is 53.2 Å². The summed E-state index contributed by atoms with van der Waals surface area (Å²) in [6, 6.07) is 12.5. The van der Waals surface area contributed by atoms with Crippen molar-refractivity contribution in [2.75, 3.05) is 14.2 Å². The Hall–Kier alpha value is -2.79. The lowest BCUT2D eigenvalue weighted by molar-refractivity contribution is -0.115. The van der Waals surface area contributed by atoms with Crippen molar-refractivity contribution in [2.24, 2.45) is 4.99 Å². The Morgan fingerprint density at radius 2 is 1.83 bits per heavy atom. The van der Waals surface area contributed by atoms with Gasteiger partial charge in [0.05, 0.1) is 19.8 Å². The second-order valence-electron chi connectivity index (χ2n) is 5.03. The standard InChI is InChI=1S/C18H15ClN2O3/c1-23-15-8-7-12(19)9-11(15)10-14-18(22)21-17(20-14)13-5-3-4-6-16(13)24-2/h3-10H,1-2H3,(H,20,21,22)/b14-10+. The SMILES string of the molecule is COc1ccc(Cl)cc1/C=C1/N=C(c2ccccc2OC)NC1=O. The van der Waals surface area contributed by atoms with Crippen LogP contribution in [0.2, 0.25) is 5.02 Å². The van der Waals surface area contributed by atoms with Gasteiger partial charge in [-0.2, -0.15) is 0 Å². The molecule has 0 aromatic heterocycles. The van der Waals surface area contributed by atoms with E-state index in [1.54, 1.807) is 38.5 Å². The molecule has 0 unspecified atom stereocenters. The molecule has 0 radical (unpaired) electrons. The summed E-state index contributed by atoms with van der Waals surface area (Å²) in [5.41, 5.74) is 1.67. The van der Waals surface area contributed by atoms with Gasteiger partial charge in [0, 0.05) is 10.6 Å². The average molecular weight is 343 g/mol. The number of nitrogens with one attached hydrogen (secondary N) is 1. The van der Waals surface area contributed by atoms with Crippen molar-refractivity contribution in [3.63, 3.8) is 0 Å². The Bertz CT molecular complexity index is 859. The summed E-state index contributed by atoms with van der Waals surface area (Å²) < 4.78 is 10.6. The van der Waals surface area contributed by atoms with Crippen molar-refractivity contribution >= 4 is 29.4 Å². The molecule has 1 heterocycles. The van der Waals surface area contributed by atoms with E-state index in [9.17, 15) is 4.79 Å². The summed E-state index contributed by atoms with van der Waals surface area (Å²) >= 11 is 6.02. The summed E-state index contributed by atoms with van der Waals surface area (Å²) in [7, 11) is 3.13. The van der Waals surface area contributed by atoms with E-state index in [0.717, 1.165) is 5.56 Å². The molecule has 1 amide bonds. The van der Waals surface area contributed by atoms with Crippen LogP contribution in [-0.4, -0.2) is 26.0 Å². The summed E-state index contributed by atoms with van der Waals surface area (Å²) in [4.78, 5) is 16.6. The smallest absolute Gasteiger partial charge is 0.275 e. The van der Waals surface area contributed by atoms with Crippen molar-refractivity contribution in [1.29, 1.82) is 0 Å². The topological polar surface area (TPSA) is 59.9 Å². The molecule has 24 heavy (non-hydrogen) atoms. The number of amidine groups is 1. The maximum absolute atomic E-state index is 12.2. The van der Waals surface area contributed by atoms with Gasteiger partial charge in [0.1, 0.15) is 23.0 Å². The predicted molar refractivity (Wildman–Crippen MR) is 93.7 cm³/mol. The number of para-hydroxylation sites is 1. The monoisotopic (exact) mass is 342 g/mol. The number of ether oxygens (including phenoxy) is 2. The fraction of sp³-hybridized carbons (Fsp3) is 0.111. The molecule has 0 saturated heterocycles. The molecule has 1 aliphatic rings.